The number of ether oxygens (including phenoxy) is 2. The highest BCUT2D eigenvalue weighted by Crippen LogP contribution is 2.47. The zero-order valence-electron chi connectivity index (χ0n) is 18.0. The molecule has 6 nitrogen and oxygen atoms in total. The summed E-state index contributed by atoms with van der Waals surface area (Å²) >= 11 is 7.32. The molecule has 0 amide bonds. The lowest BCUT2D eigenvalue weighted by atomic mass is 9.90. The largest absolute Gasteiger partial charge is 0.491 e. The smallest absolute Gasteiger partial charge is 0.243 e. The van der Waals surface area contributed by atoms with Gasteiger partial charge in [0, 0.05) is 54.4 Å². The van der Waals surface area contributed by atoms with Crippen LogP contribution in [0.25, 0.3) is 5.76 Å². The Labute approximate surface area is 201 Å². The average Bonchev–Trinajstić information content (AvgIpc) is 2.84. The van der Waals surface area contributed by atoms with Crippen molar-refractivity contribution in [3.05, 3.63) is 69.6 Å². The van der Waals surface area contributed by atoms with E-state index in [2.05, 4.69) is 4.90 Å². The minimum Gasteiger partial charge on any atom is -0.491 e. The second-order valence-electron chi connectivity index (χ2n) is 8.66. The molecule has 2 heterocycles. The molecule has 172 valence electrons. The number of carbonyl (C=O) groups excluding carboxylic acids is 2. The van der Waals surface area contributed by atoms with Crippen LogP contribution in [-0.4, -0.2) is 65.3 Å². The van der Waals surface area contributed by atoms with Gasteiger partial charge in [-0.1, -0.05) is 35.9 Å². The topological polar surface area (TPSA) is 76.1 Å². The van der Waals surface area contributed by atoms with Gasteiger partial charge in [0.2, 0.25) is 11.6 Å². The fraction of sp³-hybridized carbons (Fsp3) is 0.360. The van der Waals surface area contributed by atoms with Crippen LogP contribution >= 0.6 is 23.4 Å². The summed E-state index contributed by atoms with van der Waals surface area (Å²) in [6.45, 7) is 2.27. The second kappa shape index (κ2) is 9.14. The van der Waals surface area contributed by atoms with Gasteiger partial charge in [0.15, 0.2) is 0 Å². The number of benzene rings is 2. The summed E-state index contributed by atoms with van der Waals surface area (Å²) in [6, 6.07) is 14.2. The number of allylic oxidation sites excluding steroid dienone is 1. The molecule has 2 aromatic carbocycles. The normalized spacial score (nSPS) is 20.8. The van der Waals surface area contributed by atoms with E-state index < -0.39 is 17.7 Å². The van der Waals surface area contributed by atoms with Crippen LogP contribution in [0.1, 0.15) is 28.8 Å². The third-order valence-electron chi connectivity index (χ3n) is 6.33. The van der Waals surface area contributed by atoms with Crippen LogP contribution < -0.4 is 4.74 Å². The molecule has 1 saturated heterocycles. The van der Waals surface area contributed by atoms with Crippen LogP contribution in [-0.2, 0) is 9.53 Å². The third kappa shape index (κ3) is 4.55. The maximum Gasteiger partial charge on any atom is 0.243 e. The predicted molar refractivity (Wildman–Crippen MR) is 128 cm³/mol. The third-order valence-corrected chi connectivity index (χ3v) is 7.91. The van der Waals surface area contributed by atoms with E-state index in [-0.39, 0.29) is 12.2 Å². The lowest BCUT2D eigenvalue weighted by Gasteiger charge is -2.45. The first kappa shape index (κ1) is 22.5. The number of hydrogen-bond donors (Lipinski definition) is 1. The minimum absolute atomic E-state index is 0.207. The molecule has 2 aromatic rings. The summed E-state index contributed by atoms with van der Waals surface area (Å²) in [5.74, 6) is 0.944. The summed E-state index contributed by atoms with van der Waals surface area (Å²) in [7, 11) is 0. The lowest BCUT2D eigenvalue weighted by Crippen LogP contribution is -2.51. The van der Waals surface area contributed by atoms with Gasteiger partial charge in [0.25, 0.3) is 0 Å². The van der Waals surface area contributed by atoms with E-state index in [4.69, 9.17) is 21.1 Å². The average molecular weight is 486 g/mol. The Balaban J connectivity index is 1.19. The first-order chi connectivity index (χ1) is 15.9. The molecule has 8 heteroatoms. The predicted octanol–water partition coefficient (Wildman–Crippen LogP) is 3.81. The molecule has 2 aliphatic heterocycles. The number of fused-ring (bicyclic) bond motifs is 2. The molecule has 0 saturated carbocycles. The van der Waals surface area contributed by atoms with E-state index >= 15 is 0 Å². The van der Waals surface area contributed by atoms with Crippen molar-refractivity contribution >= 4 is 40.7 Å². The molecule has 1 atom stereocenters. The molecule has 5 rings (SSSR count). The minimum atomic E-state index is -0.612. The molecule has 1 aliphatic carbocycles. The second-order valence-corrected chi connectivity index (χ2v) is 10.1. The molecule has 0 radical (unpaired) electrons. The van der Waals surface area contributed by atoms with Gasteiger partial charge in [-0.05, 0) is 24.3 Å². The number of aliphatic hydroxyl groups excluding tert-OH is 1. The number of likely N-dealkylation sites (tertiary alicyclic amines) is 1. The number of aliphatic hydroxyl groups is 1. The maximum absolute atomic E-state index is 12.6. The van der Waals surface area contributed by atoms with E-state index in [1.807, 2.05) is 12.1 Å². The van der Waals surface area contributed by atoms with Crippen LogP contribution in [0.5, 0.6) is 5.75 Å². The molecular formula is C25H24ClNO5S. The van der Waals surface area contributed by atoms with Crippen molar-refractivity contribution < 1.29 is 24.2 Å². The highest BCUT2D eigenvalue weighted by atomic mass is 35.5. The zero-order chi connectivity index (χ0) is 23.0. The van der Waals surface area contributed by atoms with Crippen LogP contribution in [0.2, 0.25) is 5.02 Å². The highest BCUT2D eigenvalue weighted by Gasteiger charge is 2.46. The monoisotopic (exact) mass is 485 g/mol. The van der Waals surface area contributed by atoms with Gasteiger partial charge in [0.1, 0.15) is 34.7 Å². The number of piperidine rings is 1. The van der Waals surface area contributed by atoms with Gasteiger partial charge in [-0.2, -0.15) is 0 Å². The van der Waals surface area contributed by atoms with E-state index in [0.717, 1.165) is 25.9 Å². The van der Waals surface area contributed by atoms with Crippen LogP contribution in [0, 0.1) is 0 Å². The summed E-state index contributed by atoms with van der Waals surface area (Å²) < 4.78 is 12.1. The summed E-state index contributed by atoms with van der Waals surface area (Å²) in [6.07, 6.45) is 0.956. The van der Waals surface area contributed by atoms with Crippen molar-refractivity contribution in [2.45, 2.75) is 24.5 Å². The molecule has 1 fully saturated rings. The number of carbonyl (C=O) groups is 2. The quantitative estimate of drug-likeness (QED) is 0.645. The molecular weight excluding hydrogens is 462 g/mol. The molecule has 0 aromatic heterocycles. The van der Waals surface area contributed by atoms with Gasteiger partial charge in [-0.25, -0.2) is 0 Å². The molecule has 33 heavy (non-hydrogen) atoms. The van der Waals surface area contributed by atoms with Crippen molar-refractivity contribution in [3.63, 3.8) is 0 Å². The zero-order valence-corrected chi connectivity index (χ0v) is 19.5. The molecule has 1 spiro atoms. The Bertz CT molecular complexity index is 1110. The van der Waals surface area contributed by atoms with Gasteiger partial charge >= 0.3 is 0 Å². The Hall–Kier alpha value is -2.32. The van der Waals surface area contributed by atoms with Gasteiger partial charge in [0.05, 0.1) is 0 Å². The SMILES string of the molecule is O=C1C(=O)c2ccccc2C2=C1SCC1(CCN(C[C@H](O)COc3ccc(Cl)cc3)CC1)O2. The number of β-amino-alcohol motifs (C(OH)–C–C–N with tert-alkyl or cyclic N) is 1. The van der Waals surface area contributed by atoms with Crippen molar-refractivity contribution in [1.29, 1.82) is 0 Å². The molecule has 0 unspecified atom stereocenters. The first-order valence-corrected chi connectivity index (χ1v) is 12.3. The van der Waals surface area contributed by atoms with Gasteiger partial charge in [-0.15, -0.1) is 11.8 Å². The highest BCUT2D eigenvalue weighted by molar-refractivity contribution is 8.04. The molecule has 3 aliphatic rings. The van der Waals surface area contributed by atoms with E-state index in [0.29, 0.717) is 44.9 Å². The van der Waals surface area contributed by atoms with Crippen LogP contribution in [0.15, 0.2) is 53.4 Å². The van der Waals surface area contributed by atoms with Gasteiger partial charge < -0.3 is 19.5 Å². The summed E-state index contributed by atoms with van der Waals surface area (Å²) in [4.78, 5) is 27.7. The number of nitrogens with zero attached hydrogens (tertiary/aromatic N) is 1. The Morgan fingerprint density at radius 2 is 1.76 bits per heavy atom. The standard InChI is InChI=1S/C25H24ClNO5S/c26-16-5-7-18(8-6-16)31-14-17(28)13-27-11-9-25(10-12-27)15-33-24-22(30)21(29)19-3-1-2-4-20(19)23(24)32-25/h1-8,17,28H,9-15H2/t17-/m0/s1. The summed E-state index contributed by atoms with van der Waals surface area (Å²) in [5, 5.41) is 11.1. The number of thioether (sulfide) groups is 1. The number of hydrogen-bond acceptors (Lipinski definition) is 7. The van der Waals surface area contributed by atoms with Crippen molar-refractivity contribution in [3.8, 4) is 5.75 Å². The maximum atomic E-state index is 12.6. The van der Waals surface area contributed by atoms with Crippen LogP contribution in [0.3, 0.4) is 0 Å². The number of halogens is 1. The van der Waals surface area contributed by atoms with Gasteiger partial charge in [-0.3, -0.25) is 9.59 Å². The van der Waals surface area contributed by atoms with Crippen molar-refractivity contribution in [2.24, 2.45) is 0 Å². The van der Waals surface area contributed by atoms with E-state index in [9.17, 15) is 14.7 Å². The number of rotatable bonds is 5. The van der Waals surface area contributed by atoms with E-state index in [1.54, 1.807) is 36.4 Å². The van der Waals surface area contributed by atoms with Crippen LogP contribution in [0.4, 0.5) is 0 Å². The summed E-state index contributed by atoms with van der Waals surface area (Å²) in [5.41, 5.74) is 0.749. The fourth-order valence-corrected chi connectivity index (χ4v) is 5.86. The Morgan fingerprint density at radius 3 is 2.48 bits per heavy atom. The fourth-order valence-electron chi connectivity index (χ4n) is 4.48. The van der Waals surface area contributed by atoms with Crippen molar-refractivity contribution in [2.75, 3.05) is 32.0 Å². The Morgan fingerprint density at radius 1 is 1.06 bits per heavy atom. The lowest BCUT2D eigenvalue weighted by molar-refractivity contribution is -0.111. The molecule has 0 bridgehead atoms. The van der Waals surface area contributed by atoms with Crippen molar-refractivity contribution in [1.82, 2.24) is 4.90 Å². The number of Topliss-reactive ketones (excluding diaryl/α,β-unsaturated/α-hetero) is 2. The Kier molecular flexibility index (Phi) is 6.22. The van der Waals surface area contributed by atoms with E-state index in [1.165, 1.54) is 11.8 Å². The first-order valence-electron chi connectivity index (χ1n) is 11.0. The molecule has 1 N–H and O–H groups in total. The number of ketones is 2.